The number of fused-ring (bicyclic) bond motifs is 2. The standard InChI is InChI=1S/C16H25N3O4/c1-10(2)19-15(21)18(7-13-8-22-9-23-13)14(20)16(19)5-11-3-4-12(6-16)17-11/h10-13,17H,3-9H2,1-2H3. The minimum Gasteiger partial charge on any atom is -0.353 e. The van der Waals surface area contributed by atoms with Crippen molar-refractivity contribution in [3.8, 4) is 0 Å². The maximum absolute atomic E-state index is 13.3. The van der Waals surface area contributed by atoms with Crippen molar-refractivity contribution in [2.24, 2.45) is 0 Å². The van der Waals surface area contributed by atoms with Crippen LogP contribution in [-0.2, 0) is 14.3 Å². The first kappa shape index (κ1) is 15.4. The van der Waals surface area contributed by atoms with Gasteiger partial charge in [-0.15, -0.1) is 0 Å². The Labute approximate surface area is 136 Å². The molecule has 4 saturated heterocycles. The molecule has 0 aromatic carbocycles. The first-order valence-corrected chi connectivity index (χ1v) is 8.62. The quantitative estimate of drug-likeness (QED) is 0.774. The van der Waals surface area contributed by atoms with Crippen LogP contribution >= 0.6 is 0 Å². The summed E-state index contributed by atoms with van der Waals surface area (Å²) in [5.74, 6) is -0.0369. The smallest absolute Gasteiger partial charge is 0.327 e. The van der Waals surface area contributed by atoms with Crippen molar-refractivity contribution >= 4 is 11.9 Å². The van der Waals surface area contributed by atoms with E-state index in [1.165, 1.54) is 4.90 Å². The number of imide groups is 1. The summed E-state index contributed by atoms with van der Waals surface area (Å²) in [4.78, 5) is 29.5. The van der Waals surface area contributed by atoms with Crippen molar-refractivity contribution in [3.63, 3.8) is 0 Å². The van der Waals surface area contributed by atoms with E-state index >= 15 is 0 Å². The van der Waals surface area contributed by atoms with E-state index in [9.17, 15) is 9.59 Å². The highest BCUT2D eigenvalue weighted by molar-refractivity contribution is 6.07. The number of rotatable bonds is 3. The van der Waals surface area contributed by atoms with Crippen molar-refractivity contribution in [3.05, 3.63) is 0 Å². The van der Waals surface area contributed by atoms with E-state index < -0.39 is 5.54 Å². The molecule has 4 fully saturated rings. The number of amides is 3. The Hall–Kier alpha value is -1.18. The molecule has 4 heterocycles. The van der Waals surface area contributed by atoms with E-state index in [-0.39, 0.29) is 30.9 Å². The highest BCUT2D eigenvalue weighted by Crippen LogP contribution is 2.44. The van der Waals surface area contributed by atoms with E-state index in [1.54, 1.807) is 0 Å². The Morgan fingerprint density at radius 1 is 1.26 bits per heavy atom. The first-order valence-electron chi connectivity index (χ1n) is 8.62. The lowest BCUT2D eigenvalue weighted by Gasteiger charge is -2.43. The van der Waals surface area contributed by atoms with Crippen LogP contribution in [0.25, 0.3) is 0 Å². The highest BCUT2D eigenvalue weighted by Gasteiger charge is 2.62. The highest BCUT2D eigenvalue weighted by atomic mass is 16.7. The summed E-state index contributed by atoms with van der Waals surface area (Å²) in [6, 6.07) is 0.534. The Balaban J connectivity index is 1.64. The summed E-state index contributed by atoms with van der Waals surface area (Å²) in [5, 5.41) is 3.57. The molecular formula is C16H25N3O4. The number of nitrogens with zero attached hydrogens (tertiary/aromatic N) is 2. The van der Waals surface area contributed by atoms with Crippen LogP contribution < -0.4 is 5.32 Å². The third-order valence-corrected chi connectivity index (χ3v) is 5.64. The van der Waals surface area contributed by atoms with Crippen molar-refractivity contribution < 1.29 is 19.1 Å². The molecule has 4 aliphatic heterocycles. The van der Waals surface area contributed by atoms with Crippen molar-refractivity contribution in [1.82, 2.24) is 15.1 Å². The molecule has 0 aromatic rings. The number of ether oxygens (including phenoxy) is 2. The summed E-state index contributed by atoms with van der Waals surface area (Å²) in [6.07, 6.45) is 3.44. The molecule has 4 rings (SSSR count). The van der Waals surface area contributed by atoms with Crippen LogP contribution in [0.1, 0.15) is 39.5 Å². The SMILES string of the molecule is CC(C)N1C(=O)N(CC2COCO2)C(=O)C12CC1CCC(C2)N1. The molecule has 128 valence electrons. The molecule has 1 N–H and O–H groups in total. The molecule has 7 heteroatoms. The number of carbonyl (C=O) groups excluding carboxylic acids is 2. The maximum atomic E-state index is 13.3. The molecule has 3 atom stereocenters. The summed E-state index contributed by atoms with van der Waals surface area (Å²) in [6.45, 7) is 4.98. The average molecular weight is 323 g/mol. The van der Waals surface area contributed by atoms with E-state index in [4.69, 9.17) is 9.47 Å². The third-order valence-electron chi connectivity index (χ3n) is 5.64. The second-order valence-electron chi connectivity index (χ2n) is 7.52. The van der Waals surface area contributed by atoms with E-state index in [1.807, 2.05) is 18.7 Å². The van der Waals surface area contributed by atoms with Gasteiger partial charge in [-0.2, -0.15) is 0 Å². The van der Waals surface area contributed by atoms with Gasteiger partial charge in [0.15, 0.2) is 0 Å². The third kappa shape index (κ3) is 2.28. The largest absolute Gasteiger partial charge is 0.353 e. The fraction of sp³-hybridized carbons (Fsp3) is 0.875. The number of piperidine rings is 1. The minimum atomic E-state index is -0.665. The van der Waals surface area contributed by atoms with Crippen molar-refractivity contribution in [2.45, 2.75) is 69.3 Å². The number of urea groups is 1. The zero-order valence-corrected chi connectivity index (χ0v) is 13.8. The van der Waals surface area contributed by atoms with Gasteiger partial charge in [0.25, 0.3) is 5.91 Å². The molecule has 23 heavy (non-hydrogen) atoms. The zero-order chi connectivity index (χ0) is 16.2. The normalized spacial score (nSPS) is 40.2. The molecule has 0 aromatic heterocycles. The van der Waals surface area contributed by atoms with Gasteiger partial charge in [0.1, 0.15) is 18.4 Å². The van der Waals surface area contributed by atoms with Crippen LogP contribution in [-0.4, -0.2) is 71.5 Å². The maximum Gasteiger partial charge on any atom is 0.327 e. The molecule has 2 bridgehead atoms. The fourth-order valence-electron chi connectivity index (χ4n) is 4.81. The molecule has 0 aliphatic carbocycles. The van der Waals surface area contributed by atoms with Gasteiger partial charge in [0, 0.05) is 18.1 Å². The summed E-state index contributed by atoms with van der Waals surface area (Å²) in [5.41, 5.74) is -0.665. The zero-order valence-electron chi connectivity index (χ0n) is 13.8. The topological polar surface area (TPSA) is 71.1 Å². The Kier molecular flexibility index (Phi) is 3.62. The van der Waals surface area contributed by atoms with Gasteiger partial charge in [0.2, 0.25) is 0 Å². The summed E-state index contributed by atoms with van der Waals surface area (Å²) in [7, 11) is 0. The van der Waals surface area contributed by atoms with Crippen LogP contribution in [0.5, 0.6) is 0 Å². The molecule has 1 spiro atoms. The predicted molar refractivity (Wildman–Crippen MR) is 81.7 cm³/mol. The van der Waals surface area contributed by atoms with Gasteiger partial charge < -0.3 is 19.7 Å². The van der Waals surface area contributed by atoms with Gasteiger partial charge in [-0.25, -0.2) is 4.79 Å². The van der Waals surface area contributed by atoms with Crippen LogP contribution in [0, 0.1) is 0 Å². The Morgan fingerprint density at radius 3 is 2.52 bits per heavy atom. The molecule has 0 saturated carbocycles. The van der Waals surface area contributed by atoms with E-state index in [0.29, 0.717) is 25.2 Å². The second-order valence-corrected chi connectivity index (χ2v) is 7.52. The van der Waals surface area contributed by atoms with Gasteiger partial charge in [-0.3, -0.25) is 9.69 Å². The molecule has 3 unspecified atom stereocenters. The lowest BCUT2D eigenvalue weighted by molar-refractivity contribution is -0.136. The minimum absolute atomic E-state index is 0.00898. The summed E-state index contributed by atoms with van der Waals surface area (Å²) < 4.78 is 10.6. The molecule has 7 nitrogen and oxygen atoms in total. The van der Waals surface area contributed by atoms with Gasteiger partial charge in [-0.05, 0) is 39.5 Å². The van der Waals surface area contributed by atoms with Gasteiger partial charge in [0.05, 0.1) is 13.2 Å². The number of hydrogen-bond acceptors (Lipinski definition) is 5. The predicted octanol–water partition coefficient (Wildman–Crippen LogP) is 0.685. The number of carbonyl (C=O) groups is 2. The van der Waals surface area contributed by atoms with Crippen LogP contribution in [0.15, 0.2) is 0 Å². The Morgan fingerprint density at radius 2 is 1.96 bits per heavy atom. The van der Waals surface area contributed by atoms with Crippen LogP contribution in [0.2, 0.25) is 0 Å². The van der Waals surface area contributed by atoms with Crippen molar-refractivity contribution in [2.75, 3.05) is 19.9 Å². The lowest BCUT2D eigenvalue weighted by Crippen LogP contribution is -2.60. The van der Waals surface area contributed by atoms with Gasteiger partial charge >= 0.3 is 6.03 Å². The molecule has 3 amide bonds. The van der Waals surface area contributed by atoms with E-state index in [0.717, 1.165) is 25.7 Å². The molecular weight excluding hydrogens is 298 g/mol. The first-order chi connectivity index (χ1) is 11.0. The fourth-order valence-corrected chi connectivity index (χ4v) is 4.81. The monoisotopic (exact) mass is 323 g/mol. The summed E-state index contributed by atoms with van der Waals surface area (Å²) >= 11 is 0. The van der Waals surface area contributed by atoms with Gasteiger partial charge in [-0.1, -0.05) is 0 Å². The molecule has 4 aliphatic rings. The Bertz CT molecular complexity index is 505. The number of hydrogen-bond donors (Lipinski definition) is 1. The number of nitrogens with one attached hydrogen (secondary N) is 1. The van der Waals surface area contributed by atoms with E-state index in [2.05, 4.69) is 5.32 Å². The van der Waals surface area contributed by atoms with Crippen LogP contribution in [0.4, 0.5) is 4.79 Å². The van der Waals surface area contributed by atoms with Crippen LogP contribution in [0.3, 0.4) is 0 Å². The second kappa shape index (κ2) is 5.43. The molecule has 0 radical (unpaired) electrons. The lowest BCUT2D eigenvalue weighted by atomic mass is 9.82. The average Bonchev–Trinajstić information content (AvgIpc) is 3.17. The van der Waals surface area contributed by atoms with Crippen molar-refractivity contribution in [1.29, 1.82) is 0 Å².